The minimum atomic E-state index is -3.87. The molecule has 2 aliphatic rings. The van der Waals surface area contributed by atoms with E-state index in [0.717, 1.165) is 25.7 Å². The number of carbonyl (C=O) groups is 1. The van der Waals surface area contributed by atoms with Gasteiger partial charge in [0.05, 0.1) is 24.2 Å². The zero-order valence-corrected chi connectivity index (χ0v) is 17.5. The van der Waals surface area contributed by atoms with Gasteiger partial charge in [-0.1, -0.05) is 6.42 Å². The van der Waals surface area contributed by atoms with Crippen molar-refractivity contribution in [2.45, 2.75) is 49.6 Å². The van der Waals surface area contributed by atoms with Crippen molar-refractivity contribution in [2.75, 3.05) is 19.8 Å². The Morgan fingerprint density at radius 1 is 1.21 bits per heavy atom. The van der Waals surface area contributed by atoms with Crippen molar-refractivity contribution in [2.24, 2.45) is 11.7 Å². The van der Waals surface area contributed by atoms with Crippen LogP contribution in [0.15, 0.2) is 23.1 Å². The molecule has 0 spiro atoms. The Labute approximate surface area is 172 Å². The molecule has 3 unspecified atom stereocenters. The van der Waals surface area contributed by atoms with Gasteiger partial charge in [-0.05, 0) is 44.4 Å². The zero-order chi connectivity index (χ0) is 19.4. The minimum absolute atomic E-state index is 0. The van der Waals surface area contributed by atoms with Crippen LogP contribution in [0.2, 0.25) is 0 Å². The van der Waals surface area contributed by atoms with Crippen molar-refractivity contribution < 1.29 is 22.7 Å². The molecule has 4 N–H and O–H groups in total. The van der Waals surface area contributed by atoms with Gasteiger partial charge in [0.25, 0.3) is 0 Å². The fourth-order valence-electron chi connectivity index (χ4n) is 3.48. The summed E-state index contributed by atoms with van der Waals surface area (Å²) >= 11 is 0. The summed E-state index contributed by atoms with van der Waals surface area (Å²) in [6.45, 7) is 3.04. The maximum Gasteiger partial charge on any atom is 0.241 e. The van der Waals surface area contributed by atoms with Crippen molar-refractivity contribution in [3.05, 3.63) is 18.2 Å². The zero-order valence-electron chi connectivity index (χ0n) is 15.8. The summed E-state index contributed by atoms with van der Waals surface area (Å²) in [6, 6.07) is 3.55. The Balaban J connectivity index is 0.00000280. The quantitative estimate of drug-likeness (QED) is 0.619. The van der Waals surface area contributed by atoms with E-state index < -0.39 is 16.1 Å². The lowest BCUT2D eigenvalue weighted by Gasteiger charge is -2.22. The van der Waals surface area contributed by atoms with Gasteiger partial charge in [-0.25, -0.2) is 8.42 Å². The second kappa shape index (κ2) is 9.78. The Hall–Kier alpha value is -1.55. The first kappa shape index (κ1) is 22.7. The van der Waals surface area contributed by atoms with Crippen molar-refractivity contribution in [3.63, 3.8) is 0 Å². The Bertz CT molecular complexity index is 789. The highest BCUT2D eigenvalue weighted by Gasteiger charge is 2.30. The highest BCUT2D eigenvalue weighted by atomic mass is 35.5. The number of fused-ring (bicyclic) bond motifs is 1. The van der Waals surface area contributed by atoms with Crippen LogP contribution < -0.4 is 25.2 Å². The van der Waals surface area contributed by atoms with E-state index in [9.17, 15) is 13.2 Å². The molecule has 3 rings (SSSR count). The summed E-state index contributed by atoms with van der Waals surface area (Å²) in [7, 11) is -3.87. The molecule has 1 aliphatic heterocycles. The third-order valence-electron chi connectivity index (χ3n) is 5.04. The highest BCUT2D eigenvalue weighted by Crippen LogP contribution is 2.32. The summed E-state index contributed by atoms with van der Waals surface area (Å²) in [4.78, 5) is 12.5. The molecule has 1 heterocycles. The highest BCUT2D eigenvalue weighted by molar-refractivity contribution is 7.89. The second-order valence-electron chi connectivity index (χ2n) is 7.04. The molecule has 1 aromatic rings. The standard InChI is InChI=1S/C18H27N3O5S.ClH/c1-12(18(22)20-15-5-2-4-13(15)11-19)21-27(23,24)14-6-7-16-17(10-14)26-9-3-8-25-16;/h6-7,10,12-13,15,21H,2-5,8-9,11,19H2,1H3,(H,20,22);1H. The molecule has 1 aromatic carbocycles. The lowest BCUT2D eigenvalue weighted by Crippen LogP contribution is -2.49. The fraction of sp³-hybridized carbons (Fsp3) is 0.611. The second-order valence-corrected chi connectivity index (χ2v) is 8.76. The lowest BCUT2D eigenvalue weighted by atomic mass is 10.0. The first-order valence-electron chi connectivity index (χ1n) is 9.33. The number of carbonyl (C=O) groups excluding carboxylic acids is 1. The predicted octanol–water partition coefficient (Wildman–Crippen LogP) is 1.18. The van der Waals surface area contributed by atoms with E-state index in [0.29, 0.717) is 31.3 Å². The summed E-state index contributed by atoms with van der Waals surface area (Å²) in [5.74, 6) is 0.813. The van der Waals surface area contributed by atoms with E-state index in [1.54, 1.807) is 6.07 Å². The molecular weight excluding hydrogens is 406 g/mol. The van der Waals surface area contributed by atoms with Gasteiger partial charge in [-0.15, -0.1) is 12.4 Å². The largest absolute Gasteiger partial charge is 0.490 e. The molecule has 0 saturated heterocycles. The van der Waals surface area contributed by atoms with Gasteiger partial charge in [-0.2, -0.15) is 4.72 Å². The minimum Gasteiger partial charge on any atom is -0.490 e. The van der Waals surface area contributed by atoms with Crippen LogP contribution in [-0.2, 0) is 14.8 Å². The van der Waals surface area contributed by atoms with Crippen LogP contribution in [0.5, 0.6) is 11.5 Å². The molecule has 0 radical (unpaired) electrons. The van der Waals surface area contributed by atoms with Crippen LogP contribution in [0.3, 0.4) is 0 Å². The summed E-state index contributed by atoms with van der Waals surface area (Å²) in [5, 5.41) is 2.92. The van der Waals surface area contributed by atoms with Crippen molar-refractivity contribution >= 4 is 28.3 Å². The molecule has 1 fully saturated rings. The molecule has 0 aromatic heterocycles. The Morgan fingerprint density at radius 2 is 1.93 bits per heavy atom. The van der Waals surface area contributed by atoms with Crippen LogP contribution in [-0.4, -0.2) is 46.2 Å². The smallest absolute Gasteiger partial charge is 0.241 e. The third-order valence-corrected chi connectivity index (χ3v) is 6.58. The van der Waals surface area contributed by atoms with Gasteiger partial charge in [0.1, 0.15) is 0 Å². The number of hydrogen-bond donors (Lipinski definition) is 3. The van der Waals surface area contributed by atoms with Crippen LogP contribution in [0.25, 0.3) is 0 Å². The lowest BCUT2D eigenvalue weighted by molar-refractivity contribution is -0.123. The monoisotopic (exact) mass is 433 g/mol. The molecule has 0 bridgehead atoms. The van der Waals surface area contributed by atoms with Crippen LogP contribution in [0, 0.1) is 5.92 Å². The van der Waals surface area contributed by atoms with Crippen LogP contribution in [0.4, 0.5) is 0 Å². The third kappa shape index (κ3) is 5.28. The Morgan fingerprint density at radius 3 is 2.64 bits per heavy atom. The van der Waals surface area contributed by atoms with Gasteiger partial charge in [0, 0.05) is 18.5 Å². The van der Waals surface area contributed by atoms with E-state index >= 15 is 0 Å². The van der Waals surface area contributed by atoms with E-state index in [1.807, 2.05) is 0 Å². The molecule has 28 heavy (non-hydrogen) atoms. The maximum atomic E-state index is 12.7. The first-order valence-corrected chi connectivity index (χ1v) is 10.8. The maximum absolute atomic E-state index is 12.7. The Kier molecular flexibility index (Phi) is 7.94. The number of rotatable bonds is 6. The molecule has 158 valence electrons. The number of nitrogens with one attached hydrogen (secondary N) is 2. The summed E-state index contributed by atoms with van der Waals surface area (Å²) in [5.41, 5.74) is 5.74. The van der Waals surface area contributed by atoms with Crippen LogP contribution >= 0.6 is 12.4 Å². The van der Waals surface area contributed by atoms with Crippen molar-refractivity contribution in [1.82, 2.24) is 10.0 Å². The molecule has 8 nitrogen and oxygen atoms in total. The molecule has 1 amide bonds. The predicted molar refractivity (Wildman–Crippen MR) is 107 cm³/mol. The summed E-state index contributed by atoms with van der Waals surface area (Å²) in [6.07, 6.45) is 3.61. The normalized spacial score (nSPS) is 22.6. The number of nitrogens with two attached hydrogens (primary N) is 1. The molecule has 1 aliphatic carbocycles. The average molecular weight is 434 g/mol. The van der Waals surface area contributed by atoms with E-state index in [2.05, 4.69) is 10.0 Å². The topological polar surface area (TPSA) is 120 Å². The van der Waals surface area contributed by atoms with Gasteiger partial charge in [0.15, 0.2) is 11.5 Å². The fourth-order valence-corrected chi connectivity index (χ4v) is 4.70. The van der Waals surface area contributed by atoms with Gasteiger partial charge < -0.3 is 20.5 Å². The number of halogens is 1. The first-order chi connectivity index (χ1) is 12.9. The molecular formula is C18H28ClN3O5S. The van der Waals surface area contributed by atoms with Gasteiger partial charge in [0.2, 0.25) is 15.9 Å². The van der Waals surface area contributed by atoms with Gasteiger partial charge >= 0.3 is 0 Å². The number of sulfonamides is 1. The number of benzene rings is 1. The summed E-state index contributed by atoms with van der Waals surface area (Å²) < 4.78 is 38.8. The van der Waals surface area contributed by atoms with Crippen molar-refractivity contribution in [3.8, 4) is 11.5 Å². The van der Waals surface area contributed by atoms with E-state index in [-0.39, 0.29) is 35.2 Å². The average Bonchev–Trinajstić information content (AvgIpc) is 2.95. The molecule has 3 atom stereocenters. The van der Waals surface area contributed by atoms with Crippen molar-refractivity contribution in [1.29, 1.82) is 0 Å². The number of hydrogen-bond acceptors (Lipinski definition) is 6. The molecule has 10 heteroatoms. The number of amides is 1. The number of ether oxygens (including phenoxy) is 2. The van der Waals surface area contributed by atoms with E-state index in [1.165, 1.54) is 19.1 Å². The van der Waals surface area contributed by atoms with Crippen LogP contribution in [0.1, 0.15) is 32.6 Å². The van der Waals surface area contributed by atoms with Gasteiger partial charge in [-0.3, -0.25) is 4.79 Å². The van der Waals surface area contributed by atoms with E-state index in [4.69, 9.17) is 15.2 Å². The SMILES string of the molecule is CC(NS(=O)(=O)c1ccc2c(c1)OCCCO2)C(=O)NC1CCCC1CN.Cl. The molecule has 1 saturated carbocycles.